The van der Waals surface area contributed by atoms with Crippen molar-refractivity contribution in [3.8, 4) is 23.1 Å². The van der Waals surface area contributed by atoms with Gasteiger partial charge in [-0.15, -0.1) is 0 Å². The van der Waals surface area contributed by atoms with E-state index in [0.29, 0.717) is 28.0 Å². The summed E-state index contributed by atoms with van der Waals surface area (Å²) < 4.78 is 1.59. The first-order chi connectivity index (χ1) is 16.4. The second-order valence-corrected chi connectivity index (χ2v) is 7.22. The summed E-state index contributed by atoms with van der Waals surface area (Å²) >= 11 is 0. The number of rotatable bonds is 6. The predicted octanol–water partition coefficient (Wildman–Crippen LogP) is 3.12. The largest absolute Gasteiger partial charge is 0.507 e. The van der Waals surface area contributed by atoms with E-state index in [1.807, 2.05) is 12.1 Å². The first kappa shape index (κ1) is 22.0. The fraction of sp³-hybridized carbons (Fsp3) is 0.0833. The Hall–Kier alpha value is -5.22. The standard InChI is InChI=1S/C24H18N8O2/c1-15(27-2)24(34)31(18-6-4-3-5-7-18)10-11-32-23-20(22(26)28-14-29-23)21(30-32)16-8-9-19(33)17(12-16)13-25/h3-9,12,14,33H,1,10-11H2,(H2,26,28,29). The zero-order chi connectivity index (χ0) is 24.2. The van der Waals surface area contributed by atoms with Crippen molar-refractivity contribution in [2.75, 3.05) is 17.2 Å². The smallest absolute Gasteiger partial charge is 0.256 e. The number of amides is 1. The molecule has 0 fully saturated rings. The number of anilines is 2. The SMILES string of the molecule is [C-]#[N+]C(=C)C(=O)N(CCn1nc(-c2ccc(O)c(C#N)c2)c2c(N)ncnc21)c1ccccc1. The summed E-state index contributed by atoms with van der Waals surface area (Å²) in [6.07, 6.45) is 1.32. The summed E-state index contributed by atoms with van der Waals surface area (Å²) in [4.78, 5) is 25.8. The summed E-state index contributed by atoms with van der Waals surface area (Å²) in [6, 6.07) is 15.4. The summed E-state index contributed by atoms with van der Waals surface area (Å²) in [6.45, 7) is 11.1. The quantitative estimate of drug-likeness (QED) is 0.340. The van der Waals surface area contributed by atoms with Gasteiger partial charge in [-0.3, -0.25) is 4.79 Å². The maximum absolute atomic E-state index is 12.8. The van der Waals surface area contributed by atoms with Gasteiger partial charge < -0.3 is 15.7 Å². The highest BCUT2D eigenvalue weighted by molar-refractivity contribution is 6.06. The van der Waals surface area contributed by atoms with Crippen molar-refractivity contribution >= 4 is 28.4 Å². The highest BCUT2D eigenvalue weighted by atomic mass is 16.3. The number of nitrogen functional groups attached to an aromatic ring is 1. The van der Waals surface area contributed by atoms with Crippen LogP contribution in [-0.4, -0.2) is 37.3 Å². The van der Waals surface area contributed by atoms with E-state index in [4.69, 9.17) is 12.3 Å². The van der Waals surface area contributed by atoms with E-state index < -0.39 is 5.91 Å². The molecule has 0 aliphatic carbocycles. The lowest BCUT2D eigenvalue weighted by molar-refractivity contribution is -0.114. The number of nitriles is 1. The molecule has 2 heterocycles. The second-order valence-electron chi connectivity index (χ2n) is 7.22. The van der Waals surface area contributed by atoms with Gasteiger partial charge in [-0.05, 0) is 30.3 Å². The Morgan fingerprint density at radius 1 is 1.26 bits per heavy atom. The first-order valence-corrected chi connectivity index (χ1v) is 10.1. The molecule has 0 bridgehead atoms. The normalized spacial score (nSPS) is 10.4. The van der Waals surface area contributed by atoms with E-state index in [1.165, 1.54) is 23.4 Å². The molecule has 0 atom stereocenters. The predicted molar refractivity (Wildman–Crippen MR) is 126 cm³/mol. The minimum atomic E-state index is -0.510. The van der Waals surface area contributed by atoms with Gasteiger partial charge in [0.05, 0.1) is 24.1 Å². The molecule has 3 N–H and O–H groups in total. The molecule has 0 aliphatic heterocycles. The van der Waals surface area contributed by atoms with E-state index in [-0.39, 0.29) is 35.9 Å². The molecule has 0 radical (unpaired) electrons. The van der Waals surface area contributed by atoms with Crippen LogP contribution in [0.3, 0.4) is 0 Å². The van der Waals surface area contributed by atoms with Crippen LogP contribution in [0.4, 0.5) is 11.5 Å². The Balaban J connectivity index is 1.76. The van der Waals surface area contributed by atoms with Crippen LogP contribution in [0.5, 0.6) is 5.75 Å². The van der Waals surface area contributed by atoms with Gasteiger partial charge in [0.25, 0.3) is 5.91 Å². The lowest BCUT2D eigenvalue weighted by Crippen LogP contribution is -2.34. The van der Waals surface area contributed by atoms with Crippen molar-refractivity contribution in [1.29, 1.82) is 5.26 Å². The van der Waals surface area contributed by atoms with Gasteiger partial charge in [-0.25, -0.2) is 19.5 Å². The number of phenolic OH excluding ortho intramolecular Hbond substituents is 1. The maximum Gasteiger partial charge on any atom is 0.256 e. The summed E-state index contributed by atoms with van der Waals surface area (Å²) in [7, 11) is 0. The Labute approximate surface area is 194 Å². The molecule has 34 heavy (non-hydrogen) atoms. The molecule has 4 aromatic rings. The van der Waals surface area contributed by atoms with Gasteiger partial charge in [0.15, 0.2) is 5.65 Å². The number of benzene rings is 2. The van der Waals surface area contributed by atoms with Crippen LogP contribution in [0.25, 0.3) is 27.1 Å². The average molecular weight is 450 g/mol. The Bertz CT molecular complexity index is 1500. The number of hydrogen-bond acceptors (Lipinski definition) is 7. The number of aromatic hydroxyl groups is 1. The fourth-order valence-electron chi connectivity index (χ4n) is 3.52. The van der Waals surface area contributed by atoms with Gasteiger partial charge in [0.2, 0.25) is 5.70 Å². The molecule has 0 saturated heterocycles. The van der Waals surface area contributed by atoms with Crippen LogP contribution in [0.2, 0.25) is 0 Å². The zero-order valence-corrected chi connectivity index (χ0v) is 17.9. The van der Waals surface area contributed by atoms with E-state index in [2.05, 4.69) is 26.5 Å². The minimum absolute atomic E-state index is 0.0918. The zero-order valence-electron chi connectivity index (χ0n) is 17.9. The molecule has 1 amide bonds. The van der Waals surface area contributed by atoms with Crippen LogP contribution >= 0.6 is 0 Å². The summed E-state index contributed by atoms with van der Waals surface area (Å²) in [5.74, 6) is -0.448. The number of nitrogens with zero attached hydrogens (tertiary/aromatic N) is 7. The van der Waals surface area contributed by atoms with Gasteiger partial charge in [0.1, 0.15) is 29.7 Å². The molecule has 0 saturated carbocycles. The topological polar surface area (TPSA) is 138 Å². The van der Waals surface area contributed by atoms with Crippen LogP contribution in [0, 0.1) is 17.9 Å². The van der Waals surface area contributed by atoms with Crippen molar-refractivity contribution < 1.29 is 9.90 Å². The fourth-order valence-corrected chi connectivity index (χ4v) is 3.52. The lowest BCUT2D eigenvalue weighted by atomic mass is 10.1. The number of phenols is 1. The third kappa shape index (κ3) is 3.99. The Kier molecular flexibility index (Phi) is 5.89. The van der Waals surface area contributed by atoms with Gasteiger partial charge in [-0.1, -0.05) is 24.8 Å². The number of aromatic nitrogens is 4. The van der Waals surface area contributed by atoms with E-state index in [1.54, 1.807) is 35.0 Å². The lowest BCUT2D eigenvalue weighted by Gasteiger charge is -2.22. The Morgan fingerprint density at radius 3 is 2.74 bits per heavy atom. The molecule has 0 spiro atoms. The number of fused-ring (bicyclic) bond motifs is 1. The van der Waals surface area contributed by atoms with Crippen LogP contribution < -0.4 is 10.6 Å². The molecule has 166 valence electrons. The molecule has 2 aromatic heterocycles. The minimum Gasteiger partial charge on any atom is -0.507 e. The van der Waals surface area contributed by atoms with Crippen molar-refractivity contribution in [2.24, 2.45) is 0 Å². The molecular formula is C24H18N8O2. The third-order valence-corrected chi connectivity index (χ3v) is 5.18. The summed E-state index contributed by atoms with van der Waals surface area (Å²) in [5, 5.41) is 24.3. The van der Waals surface area contributed by atoms with Gasteiger partial charge in [-0.2, -0.15) is 10.4 Å². The van der Waals surface area contributed by atoms with Crippen LogP contribution in [-0.2, 0) is 11.3 Å². The summed E-state index contributed by atoms with van der Waals surface area (Å²) in [5.41, 5.74) is 8.07. The molecule has 10 heteroatoms. The molecular weight excluding hydrogens is 432 g/mol. The molecule has 10 nitrogen and oxygen atoms in total. The maximum atomic E-state index is 12.8. The first-order valence-electron chi connectivity index (χ1n) is 10.1. The van der Waals surface area contributed by atoms with Crippen molar-refractivity contribution in [3.63, 3.8) is 0 Å². The van der Waals surface area contributed by atoms with Gasteiger partial charge in [0, 0.05) is 17.8 Å². The van der Waals surface area contributed by atoms with Crippen molar-refractivity contribution in [2.45, 2.75) is 6.54 Å². The average Bonchev–Trinajstić information content (AvgIpc) is 3.24. The van der Waals surface area contributed by atoms with E-state index in [9.17, 15) is 15.2 Å². The molecule has 0 unspecified atom stereocenters. The number of carbonyl (C=O) groups is 1. The third-order valence-electron chi connectivity index (χ3n) is 5.18. The van der Waals surface area contributed by atoms with Crippen molar-refractivity contribution in [1.82, 2.24) is 19.7 Å². The highest BCUT2D eigenvalue weighted by Gasteiger charge is 2.22. The van der Waals surface area contributed by atoms with Crippen molar-refractivity contribution in [3.05, 3.63) is 84.1 Å². The number of hydrogen-bond donors (Lipinski definition) is 2. The van der Waals surface area contributed by atoms with Crippen LogP contribution in [0.1, 0.15) is 5.56 Å². The van der Waals surface area contributed by atoms with E-state index >= 15 is 0 Å². The molecule has 2 aromatic carbocycles. The Morgan fingerprint density at radius 2 is 2.03 bits per heavy atom. The number of para-hydroxylation sites is 1. The molecule has 4 rings (SSSR count). The number of carbonyl (C=O) groups excluding carboxylic acids is 1. The molecule has 0 aliphatic rings. The highest BCUT2D eigenvalue weighted by Crippen LogP contribution is 2.32. The van der Waals surface area contributed by atoms with Crippen LogP contribution in [0.15, 0.2) is 67.1 Å². The monoisotopic (exact) mass is 450 g/mol. The number of nitrogens with two attached hydrogens (primary N) is 1. The van der Waals surface area contributed by atoms with E-state index in [0.717, 1.165) is 0 Å². The second kappa shape index (κ2) is 9.10. The van der Waals surface area contributed by atoms with Gasteiger partial charge >= 0.3 is 0 Å².